The van der Waals surface area contributed by atoms with Crippen molar-refractivity contribution < 1.29 is 14.6 Å². The van der Waals surface area contributed by atoms with Crippen molar-refractivity contribution in [3.05, 3.63) is 35.9 Å². The Morgan fingerprint density at radius 2 is 1.88 bits per heavy atom. The number of morpholine rings is 1. The first-order valence-corrected chi connectivity index (χ1v) is 9.51. The number of nitrogens with one attached hydrogen (secondary N) is 1. The Morgan fingerprint density at radius 3 is 2.52 bits per heavy atom. The number of hydrogen-bond acceptors (Lipinski definition) is 4. The van der Waals surface area contributed by atoms with Gasteiger partial charge in [-0.3, -0.25) is 9.69 Å². The van der Waals surface area contributed by atoms with E-state index in [0.29, 0.717) is 12.8 Å². The minimum atomic E-state index is -0.123. The van der Waals surface area contributed by atoms with Crippen molar-refractivity contribution >= 4 is 5.91 Å². The molecule has 3 rings (SSSR count). The molecular formula is C20H30N2O3. The lowest BCUT2D eigenvalue weighted by atomic mass is 9.89. The Morgan fingerprint density at radius 1 is 1.20 bits per heavy atom. The summed E-state index contributed by atoms with van der Waals surface area (Å²) in [7, 11) is 0. The van der Waals surface area contributed by atoms with Crippen LogP contribution in [0.3, 0.4) is 0 Å². The highest BCUT2D eigenvalue weighted by Gasteiger charge is 2.41. The number of rotatable bonds is 7. The molecule has 25 heavy (non-hydrogen) atoms. The van der Waals surface area contributed by atoms with Gasteiger partial charge in [-0.25, -0.2) is 0 Å². The van der Waals surface area contributed by atoms with Crippen LogP contribution in [0.25, 0.3) is 0 Å². The predicted molar refractivity (Wildman–Crippen MR) is 97.2 cm³/mol. The zero-order chi connectivity index (χ0) is 17.5. The first kappa shape index (κ1) is 18.4. The van der Waals surface area contributed by atoms with Gasteiger partial charge < -0.3 is 15.2 Å². The van der Waals surface area contributed by atoms with Crippen LogP contribution in [0.2, 0.25) is 0 Å². The number of aliphatic hydroxyl groups is 1. The van der Waals surface area contributed by atoms with Crippen LogP contribution >= 0.6 is 0 Å². The summed E-state index contributed by atoms with van der Waals surface area (Å²) in [5.74, 6) is 0.0932. The van der Waals surface area contributed by atoms with Gasteiger partial charge in [-0.1, -0.05) is 43.2 Å². The number of aliphatic hydroxyl groups excluding tert-OH is 1. The molecule has 5 nitrogen and oxygen atoms in total. The zero-order valence-electron chi connectivity index (χ0n) is 15.0. The zero-order valence-corrected chi connectivity index (χ0v) is 15.0. The lowest BCUT2D eigenvalue weighted by molar-refractivity contribution is -0.126. The molecule has 2 aliphatic rings. The first-order chi connectivity index (χ1) is 12.2. The molecule has 0 aromatic heterocycles. The Kier molecular flexibility index (Phi) is 6.45. The number of ether oxygens (including phenoxy) is 1. The Labute approximate surface area is 150 Å². The van der Waals surface area contributed by atoms with E-state index >= 15 is 0 Å². The van der Waals surface area contributed by atoms with Crippen molar-refractivity contribution in [1.29, 1.82) is 0 Å². The highest BCUT2D eigenvalue weighted by atomic mass is 16.5. The van der Waals surface area contributed by atoms with Crippen LogP contribution in [-0.4, -0.2) is 54.4 Å². The van der Waals surface area contributed by atoms with Gasteiger partial charge >= 0.3 is 0 Å². The van der Waals surface area contributed by atoms with Gasteiger partial charge in [-0.15, -0.1) is 0 Å². The lowest BCUT2D eigenvalue weighted by Gasteiger charge is -2.43. The molecule has 1 aromatic rings. The largest absolute Gasteiger partial charge is 0.396 e. The molecule has 5 heteroatoms. The monoisotopic (exact) mass is 346 g/mol. The van der Waals surface area contributed by atoms with Crippen molar-refractivity contribution in [3.8, 4) is 0 Å². The van der Waals surface area contributed by atoms with E-state index in [2.05, 4.69) is 10.2 Å². The molecule has 1 saturated heterocycles. The summed E-state index contributed by atoms with van der Waals surface area (Å²) >= 11 is 0. The average Bonchev–Trinajstić information content (AvgIpc) is 3.12. The van der Waals surface area contributed by atoms with Crippen molar-refractivity contribution in [2.24, 2.45) is 0 Å². The van der Waals surface area contributed by atoms with Crippen molar-refractivity contribution in [3.63, 3.8) is 0 Å². The SMILES string of the molecule is O=C(CC1(N2CCOCC2)CCCC1)NC(CCO)c1ccccc1. The molecule has 138 valence electrons. The molecule has 1 aliphatic carbocycles. The minimum Gasteiger partial charge on any atom is -0.396 e. The third-order valence-electron chi connectivity index (χ3n) is 5.66. The van der Waals surface area contributed by atoms with Crippen LogP contribution in [-0.2, 0) is 9.53 Å². The summed E-state index contributed by atoms with van der Waals surface area (Å²) in [6.07, 6.45) is 5.67. The second-order valence-electron chi connectivity index (χ2n) is 7.25. The molecule has 2 fully saturated rings. The summed E-state index contributed by atoms with van der Waals surface area (Å²) in [6, 6.07) is 9.80. The summed E-state index contributed by atoms with van der Waals surface area (Å²) < 4.78 is 5.49. The van der Waals surface area contributed by atoms with Crippen LogP contribution < -0.4 is 5.32 Å². The van der Waals surface area contributed by atoms with Gasteiger partial charge in [0.05, 0.1) is 19.3 Å². The standard InChI is InChI=1S/C20H30N2O3/c23-13-8-18(17-6-2-1-3-7-17)21-19(24)16-20(9-4-5-10-20)22-11-14-25-15-12-22/h1-3,6-7,18,23H,4-5,8-16H2,(H,21,24). The van der Waals surface area contributed by atoms with E-state index in [9.17, 15) is 9.90 Å². The quantitative estimate of drug-likeness (QED) is 0.795. The van der Waals surface area contributed by atoms with Crippen LogP contribution in [0.5, 0.6) is 0 Å². The van der Waals surface area contributed by atoms with Crippen molar-refractivity contribution in [2.75, 3.05) is 32.9 Å². The van der Waals surface area contributed by atoms with E-state index < -0.39 is 0 Å². The molecule has 1 saturated carbocycles. The Balaban J connectivity index is 1.66. The van der Waals surface area contributed by atoms with Crippen LogP contribution in [0.4, 0.5) is 0 Å². The highest BCUT2D eigenvalue weighted by Crippen LogP contribution is 2.38. The van der Waals surface area contributed by atoms with Crippen LogP contribution in [0, 0.1) is 0 Å². The van der Waals surface area contributed by atoms with Crippen LogP contribution in [0.1, 0.15) is 50.1 Å². The molecule has 0 bridgehead atoms. The number of nitrogens with zero attached hydrogens (tertiary/aromatic N) is 1. The predicted octanol–water partition coefficient (Wildman–Crippen LogP) is 2.26. The smallest absolute Gasteiger partial charge is 0.222 e. The number of carbonyl (C=O) groups is 1. The number of hydrogen-bond donors (Lipinski definition) is 2. The topological polar surface area (TPSA) is 61.8 Å². The molecule has 1 aromatic carbocycles. The summed E-state index contributed by atoms with van der Waals surface area (Å²) in [5, 5.41) is 12.5. The second kappa shape index (κ2) is 8.79. The Bertz CT molecular complexity index is 537. The number of amides is 1. The van der Waals surface area contributed by atoms with Gasteiger partial charge in [0, 0.05) is 31.7 Å². The number of benzene rings is 1. The normalized spacial score (nSPS) is 21.8. The average molecular weight is 346 g/mol. The molecule has 1 aliphatic heterocycles. The van der Waals surface area contributed by atoms with Gasteiger partial charge in [-0.2, -0.15) is 0 Å². The third-order valence-corrected chi connectivity index (χ3v) is 5.66. The van der Waals surface area contributed by atoms with Gasteiger partial charge in [0.15, 0.2) is 0 Å². The fourth-order valence-corrected chi connectivity index (χ4v) is 4.36. The maximum Gasteiger partial charge on any atom is 0.222 e. The van der Waals surface area contributed by atoms with Crippen molar-refractivity contribution in [1.82, 2.24) is 10.2 Å². The van der Waals surface area contributed by atoms with E-state index in [-0.39, 0.29) is 24.1 Å². The minimum absolute atomic E-state index is 0.00564. The van der Waals surface area contributed by atoms with Gasteiger partial charge in [0.1, 0.15) is 0 Å². The molecule has 1 heterocycles. The summed E-state index contributed by atoms with van der Waals surface area (Å²) in [4.78, 5) is 15.3. The van der Waals surface area contributed by atoms with E-state index in [4.69, 9.17) is 4.74 Å². The third kappa shape index (κ3) is 4.60. The molecule has 2 N–H and O–H groups in total. The molecule has 1 amide bonds. The van der Waals surface area contributed by atoms with E-state index in [1.54, 1.807) is 0 Å². The number of carbonyl (C=O) groups excluding carboxylic acids is 1. The van der Waals surface area contributed by atoms with Crippen molar-refractivity contribution in [2.45, 2.75) is 50.1 Å². The van der Waals surface area contributed by atoms with E-state index in [1.165, 1.54) is 12.8 Å². The molecule has 0 radical (unpaired) electrons. The van der Waals surface area contributed by atoms with E-state index in [1.807, 2.05) is 30.3 Å². The molecule has 1 atom stereocenters. The first-order valence-electron chi connectivity index (χ1n) is 9.51. The summed E-state index contributed by atoms with van der Waals surface area (Å²) in [5.41, 5.74) is 1.05. The van der Waals surface area contributed by atoms with E-state index in [0.717, 1.165) is 44.7 Å². The van der Waals surface area contributed by atoms with Gasteiger partial charge in [0.25, 0.3) is 0 Å². The Hall–Kier alpha value is -1.43. The fourth-order valence-electron chi connectivity index (χ4n) is 4.36. The van der Waals surface area contributed by atoms with Gasteiger partial charge in [0.2, 0.25) is 5.91 Å². The lowest BCUT2D eigenvalue weighted by Crippen LogP contribution is -2.54. The molecule has 0 spiro atoms. The molecule has 1 unspecified atom stereocenters. The van der Waals surface area contributed by atoms with Crippen LogP contribution in [0.15, 0.2) is 30.3 Å². The maximum atomic E-state index is 12.9. The highest BCUT2D eigenvalue weighted by molar-refractivity contribution is 5.77. The maximum absolute atomic E-state index is 12.9. The summed E-state index contributed by atoms with van der Waals surface area (Å²) in [6.45, 7) is 3.44. The second-order valence-corrected chi connectivity index (χ2v) is 7.25. The molecular weight excluding hydrogens is 316 g/mol. The van der Waals surface area contributed by atoms with Gasteiger partial charge in [-0.05, 0) is 24.8 Å². The fraction of sp³-hybridized carbons (Fsp3) is 0.650.